The molecule has 0 unspecified atom stereocenters. The molecule has 1 N–H and O–H groups in total. The average Bonchev–Trinajstić information content (AvgIpc) is 2.85. The van der Waals surface area contributed by atoms with E-state index in [2.05, 4.69) is 24.1 Å². The van der Waals surface area contributed by atoms with Crippen LogP contribution in [0.4, 0.5) is 5.69 Å². The van der Waals surface area contributed by atoms with Gasteiger partial charge in [-0.15, -0.1) is 0 Å². The third-order valence-corrected chi connectivity index (χ3v) is 6.38. The minimum absolute atomic E-state index is 0.356. The van der Waals surface area contributed by atoms with Crippen molar-refractivity contribution in [3.8, 4) is 0 Å². The number of anilines is 1. The summed E-state index contributed by atoms with van der Waals surface area (Å²) in [5, 5.41) is 5.71. The van der Waals surface area contributed by atoms with Crippen molar-refractivity contribution < 1.29 is 14.3 Å². The molecule has 1 amide bonds. The van der Waals surface area contributed by atoms with E-state index in [4.69, 9.17) is 9.72 Å². The first-order valence-electron chi connectivity index (χ1n) is 11.6. The maximum Gasteiger partial charge on any atom is 0.339 e. The van der Waals surface area contributed by atoms with Gasteiger partial charge in [0.1, 0.15) is 0 Å². The molecule has 6 heteroatoms. The van der Waals surface area contributed by atoms with E-state index in [-0.39, 0.29) is 12.5 Å². The molecule has 0 radical (unpaired) electrons. The van der Waals surface area contributed by atoms with Crippen LogP contribution in [0.25, 0.3) is 21.7 Å². The second kappa shape index (κ2) is 9.23. The van der Waals surface area contributed by atoms with Gasteiger partial charge in [-0.1, -0.05) is 48.5 Å². The van der Waals surface area contributed by atoms with E-state index in [0.717, 1.165) is 45.9 Å². The number of carbonyl (C=O) groups is 2. The van der Waals surface area contributed by atoms with Gasteiger partial charge in [0.05, 0.1) is 11.1 Å². The van der Waals surface area contributed by atoms with E-state index in [0.29, 0.717) is 23.8 Å². The number of amides is 1. The molecule has 0 bridgehead atoms. The molecule has 1 aliphatic heterocycles. The Balaban J connectivity index is 1.36. The van der Waals surface area contributed by atoms with Crippen molar-refractivity contribution in [2.24, 2.45) is 0 Å². The van der Waals surface area contributed by atoms with Gasteiger partial charge >= 0.3 is 5.97 Å². The van der Waals surface area contributed by atoms with Crippen LogP contribution in [0.1, 0.15) is 35.5 Å². The summed E-state index contributed by atoms with van der Waals surface area (Å²) >= 11 is 0. The van der Waals surface area contributed by atoms with Gasteiger partial charge in [0.25, 0.3) is 5.91 Å². The fraction of sp³-hybridized carbons (Fsp3) is 0.250. The molecule has 6 nitrogen and oxygen atoms in total. The molecular weight excluding hydrogens is 426 g/mol. The zero-order valence-electron chi connectivity index (χ0n) is 19.4. The van der Waals surface area contributed by atoms with Crippen molar-refractivity contribution >= 4 is 39.2 Å². The van der Waals surface area contributed by atoms with Crippen LogP contribution in [-0.2, 0) is 22.5 Å². The first-order valence-corrected chi connectivity index (χ1v) is 11.6. The van der Waals surface area contributed by atoms with Crippen LogP contribution in [0.3, 0.4) is 0 Å². The molecule has 0 fully saturated rings. The molecule has 0 spiro atoms. The predicted octanol–water partition coefficient (Wildman–Crippen LogP) is 4.95. The van der Waals surface area contributed by atoms with Gasteiger partial charge in [-0.25, -0.2) is 4.79 Å². The third kappa shape index (κ3) is 4.37. The largest absolute Gasteiger partial charge is 0.452 e. The highest BCUT2D eigenvalue weighted by Gasteiger charge is 2.27. The van der Waals surface area contributed by atoms with Crippen molar-refractivity contribution in [2.75, 3.05) is 18.5 Å². The van der Waals surface area contributed by atoms with E-state index in [9.17, 15) is 9.59 Å². The topological polar surface area (TPSA) is 71.5 Å². The van der Waals surface area contributed by atoms with Gasteiger partial charge in [-0.2, -0.15) is 0 Å². The first-order chi connectivity index (χ1) is 16.5. The monoisotopic (exact) mass is 453 g/mol. The number of ether oxygens (including phenoxy) is 1. The molecule has 1 aliphatic rings. The first kappa shape index (κ1) is 22.0. The average molecular weight is 454 g/mol. The van der Waals surface area contributed by atoms with Gasteiger partial charge in [0.15, 0.2) is 6.61 Å². The molecule has 2 heterocycles. The second-order valence-electron chi connectivity index (χ2n) is 8.93. The SMILES string of the molecule is CC(C)N1CCc2nc3ccccc3c(C(=O)OCC(=O)Nc3ccc4ccccc4c3)c2C1. The van der Waals surface area contributed by atoms with E-state index in [1.54, 1.807) is 0 Å². The number of para-hydroxylation sites is 1. The minimum Gasteiger partial charge on any atom is -0.452 e. The molecule has 0 atom stereocenters. The number of nitrogens with one attached hydrogen (secondary N) is 1. The molecule has 0 saturated heterocycles. The number of benzene rings is 3. The maximum atomic E-state index is 13.3. The molecule has 0 saturated carbocycles. The number of fused-ring (bicyclic) bond motifs is 3. The van der Waals surface area contributed by atoms with Gasteiger partial charge in [-0.05, 0) is 42.8 Å². The van der Waals surface area contributed by atoms with E-state index in [1.165, 1.54) is 0 Å². The van der Waals surface area contributed by atoms with Crippen LogP contribution in [0.15, 0.2) is 66.7 Å². The molecule has 4 aromatic rings. The Kier molecular flexibility index (Phi) is 5.99. The van der Waals surface area contributed by atoms with Crippen molar-refractivity contribution in [3.05, 3.63) is 83.6 Å². The highest BCUT2D eigenvalue weighted by atomic mass is 16.5. The van der Waals surface area contributed by atoms with Gasteiger partial charge in [0.2, 0.25) is 0 Å². The number of pyridine rings is 1. The minimum atomic E-state index is -0.492. The van der Waals surface area contributed by atoms with Crippen molar-refractivity contribution in [3.63, 3.8) is 0 Å². The third-order valence-electron chi connectivity index (χ3n) is 6.38. The second-order valence-corrected chi connectivity index (χ2v) is 8.93. The van der Waals surface area contributed by atoms with Crippen LogP contribution >= 0.6 is 0 Å². The highest BCUT2D eigenvalue weighted by molar-refractivity contribution is 6.06. The number of esters is 1. The zero-order chi connectivity index (χ0) is 23.7. The summed E-state index contributed by atoms with van der Waals surface area (Å²) in [5.74, 6) is -0.867. The number of hydrogen-bond donors (Lipinski definition) is 1. The number of hydrogen-bond acceptors (Lipinski definition) is 5. The van der Waals surface area contributed by atoms with E-state index < -0.39 is 5.97 Å². The molecule has 1 aromatic heterocycles. The Morgan fingerprint density at radius 2 is 1.79 bits per heavy atom. The van der Waals surface area contributed by atoms with Crippen molar-refractivity contribution in [1.29, 1.82) is 0 Å². The smallest absolute Gasteiger partial charge is 0.339 e. The van der Waals surface area contributed by atoms with E-state index >= 15 is 0 Å². The van der Waals surface area contributed by atoms with Crippen LogP contribution in [0.5, 0.6) is 0 Å². The lowest BCUT2D eigenvalue weighted by Gasteiger charge is -2.32. The summed E-state index contributed by atoms with van der Waals surface area (Å²) in [5.41, 5.74) is 3.79. The van der Waals surface area contributed by atoms with E-state index in [1.807, 2.05) is 66.7 Å². The molecule has 0 aliphatic carbocycles. The number of nitrogens with zero attached hydrogens (tertiary/aromatic N) is 2. The number of carbonyl (C=O) groups excluding carboxylic acids is 2. The van der Waals surface area contributed by atoms with Gasteiger partial charge in [-0.3, -0.25) is 14.7 Å². The van der Waals surface area contributed by atoms with Crippen LogP contribution in [-0.4, -0.2) is 41.0 Å². The number of rotatable bonds is 5. The normalized spacial score (nSPS) is 13.7. The van der Waals surface area contributed by atoms with Crippen LogP contribution in [0, 0.1) is 0 Å². The quantitative estimate of drug-likeness (QED) is 0.433. The summed E-state index contributed by atoms with van der Waals surface area (Å²) < 4.78 is 5.52. The number of aromatic nitrogens is 1. The molecule has 3 aromatic carbocycles. The lowest BCUT2D eigenvalue weighted by atomic mass is 9.95. The Morgan fingerprint density at radius 1 is 1.03 bits per heavy atom. The van der Waals surface area contributed by atoms with Gasteiger partial charge < -0.3 is 10.1 Å². The van der Waals surface area contributed by atoms with Crippen molar-refractivity contribution in [1.82, 2.24) is 9.88 Å². The molecular formula is C28H27N3O3. The standard InChI is InChI=1S/C28H27N3O3/c1-18(2)31-14-13-25-23(16-31)27(22-9-5-6-10-24(22)30-25)28(33)34-17-26(32)29-21-12-11-19-7-3-4-8-20(19)15-21/h3-12,15,18H,13-14,16-17H2,1-2H3,(H,29,32). The molecule has 172 valence electrons. The van der Waals surface area contributed by atoms with Gasteiger partial charge in [0, 0.05) is 47.9 Å². The van der Waals surface area contributed by atoms with Crippen LogP contribution < -0.4 is 5.32 Å². The predicted molar refractivity (Wildman–Crippen MR) is 134 cm³/mol. The fourth-order valence-electron chi connectivity index (χ4n) is 4.55. The summed E-state index contributed by atoms with van der Waals surface area (Å²) in [6, 6.07) is 21.6. The summed E-state index contributed by atoms with van der Waals surface area (Å²) in [6.07, 6.45) is 0.779. The summed E-state index contributed by atoms with van der Waals surface area (Å²) in [4.78, 5) is 33.0. The summed E-state index contributed by atoms with van der Waals surface area (Å²) in [7, 11) is 0. The zero-order valence-corrected chi connectivity index (χ0v) is 19.4. The molecule has 34 heavy (non-hydrogen) atoms. The lowest BCUT2D eigenvalue weighted by molar-refractivity contribution is -0.119. The lowest BCUT2D eigenvalue weighted by Crippen LogP contribution is -2.37. The highest BCUT2D eigenvalue weighted by Crippen LogP contribution is 2.29. The molecule has 5 rings (SSSR count). The van der Waals surface area contributed by atoms with Crippen LogP contribution in [0.2, 0.25) is 0 Å². The Hall–Kier alpha value is -3.77. The Labute approximate surface area is 198 Å². The maximum absolute atomic E-state index is 13.3. The summed E-state index contributed by atoms with van der Waals surface area (Å²) in [6.45, 7) is 5.48. The fourth-order valence-corrected chi connectivity index (χ4v) is 4.55. The Morgan fingerprint density at radius 3 is 2.62 bits per heavy atom. The van der Waals surface area contributed by atoms with Crippen molar-refractivity contribution in [2.45, 2.75) is 32.9 Å². The Bertz CT molecular complexity index is 1400.